The van der Waals surface area contributed by atoms with Gasteiger partial charge in [0.1, 0.15) is 0 Å². The minimum atomic E-state index is -1.15. The number of anilines is 1. The largest absolute Gasteiger partial charge is 0.449 e. The molecule has 0 saturated heterocycles. The Morgan fingerprint density at radius 1 is 1.31 bits per heavy atom. The van der Waals surface area contributed by atoms with Crippen LogP contribution in [0.3, 0.4) is 0 Å². The number of carbonyl (C=O) groups excluding carboxylic acids is 2. The number of nitro groups is 1. The fraction of sp³-hybridized carbons (Fsp3) is 0.188. The van der Waals surface area contributed by atoms with Crippen molar-refractivity contribution in [1.82, 2.24) is 4.98 Å². The molecule has 1 N–H and O–H groups in total. The highest BCUT2D eigenvalue weighted by atomic mass is 35.5. The second-order valence-electron chi connectivity index (χ2n) is 5.28. The number of aromatic nitrogens is 1. The summed E-state index contributed by atoms with van der Waals surface area (Å²) < 4.78 is 5.07. The zero-order valence-electron chi connectivity index (χ0n) is 13.7. The van der Waals surface area contributed by atoms with Gasteiger partial charge in [0, 0.05) is 17.8 Å². The van der Waals surface area contributed by atoms with Crippen molar-refractivity contribution in [3.05, 3.63) is 61.7 Å². The maximum absolute atomic E-state index is 12.1. The summed E-state index contributed by atoms with van der Waals surface area (Å²) >= 11 is 11.6. The first-order valence-corrected chi connectivity index (χ1v) is 8.02. The molecule has 1 heterocycles. The fourth-order valence-corrected chi connectivity index (χ4v) is 2.42. The number of pyridine rings is 1. The first kappa shape index (κ1) is 19.6. The third-order valence-corrected chi connectivity index (χ3v) is 3.83. The van der Waals surface area contributed by atoms with Crippen LogP contribution in [0.1, 0.15) is 22.8 Å². The van der Waals surface area contributed by atoms with Crippen molar-refractivity contribution in [1.29, 1.82) is 0 Å². The molecule has 2 rings (SSSR count). The van der Waals surface area contributed by atoms with Crippen molar-refractivity contribution in [3.63, 3.8) is 0 Å². The maximum atomic E-state index is 12.1. The molecule has 1 aromatic carbocycles. The SMILES string of the molecule is Cc1cc(C(=O)O[C@H](C)C(=O)Nc2ncc(Cl)cc2Cl)ccc1[N+](=O)[O-]. The predicted octanol–water partition coefficient (Wildman–Crippen LogP) is 3.79. The molecule has 0 aliphatic heterocycles. The van der Waals surface area contributed by atoms with E-state index in [9.17, 15) is 19.7 Å². The Balaban J connectivity index is 2.05. The number of ether oxygens (including phenoxy) is 1. The lowest BCUT2D eigenvalue weighted by Gasteiger charge is -2.14. The van der Waals surface area contributed by atoms with E-state index in [2.05, 4.69) is 10.3 Å². The average molecular weight is 398 g/mol. The zero-order chi connectivity index (χ0) is 19.4. The average Bonchev–Trinajstić information content (AvgIpc) is 2.56. The Hall–Kier alpha value is -2.71. The number of hydrogen-bond donors (Lipinski definition) is 1. The summed E-state index contributed by atoms with van der Waals surface area (Å²) in [5.74, 6) is -1.36. The van der Waals surface area contributed by atoms with Crippen molar-refractivity contribution in [2.24, 2.45) is 0 Å². The molecule has 0 spiro atoms. The number of hydrogen-bond acceptors (Lipinski definition) is 6. The minimum Gasteiger partial charge on any atom is -0.449 e. The van der Waals surface area contributed by atoms with E-state index in [-0.39, 0.29) is 22.1 Å². The number of amides is 1. The fourth-order valence-electron chi connectivity index (χ4n) is 1.99. The number of aryl methyl sites for hydroxylation is 1. The number of nitrogens with zero attached hydrogens (tertiary/aromatic N) is 2. The van der Waals surface area contributed by atoms with Gasteiger partial charge in [0.15, 0.2) is 11.9 Å². The Kier molecular flexibility index (Phi) is 6.12. The monoisotopic (exact) mass is 397 g/mol. The second kappa shape index (κ2) is 8.11. The minimum absolute atomic E-state index is 0.0788. The van der Waals surface area contributed by atoms with Gasteiger partial charge in [0.05, 0.1) is 20.5 Å². The molecular weight excluding hydrogens is 385 g/mol. The lowest BCUT2D eigenvalue weighted by Crippen LogP contribution is -2.30. The molecule has 0 fully saturated rings. The van der Waals surface area contributed by atoms with Gasteiger partial charge in [-0.2, -0.15) is 0 Å². The lowest BCUT2D eigenvalue weighted by molar-refractivity contribution is -0.385. The zero-order valence-corrected chi connectivity index (χ0v) is 15.2. The quantitative estimate of drug-likeness (QED) is 0.466. The lowest BCUT2D eigenvalue weighted by atomic mass is 10.1. The first-order chi connectivity index (χ1) is 12.2. The number of nitro benzene ring substituents is 1. The normalized spacial score (nSPS) is 11.5. The van der Waals surface area contributed by atoms with E-state index in [1.54, 1.807) is 0 Å². The van der Waals surface area contributed by atoms with Gasteiger partial charge in [-0.25, -0.2) is 9.78 Å². The topological polar surface area (TPSA) is 111 Å². The van der Waals surface area contributed by atoms with E-state index in [4.69, 9.17) is 27.9 Å². The van der Waals surface area contributed by atoms with Gasteiger partial charge in [-0.05, 0) is 32.0 Å². The molecule has 10 heteroatoms. The van der Waals surface area contributed by atoms with Gasteiger partial charge in [-0.15, -0.1) is 0 Å². The molecule has 1 aromatic heterocycles. The Morgan fingerprint density at radius 2 is 2.00 bits per heavy atom. The van der Waals surface area contributed by atoms with Crippen LogP contribution in [0.5, 0.6) is 0 Å². The highest BCUT2D eigenvalue weighted by Crippen LogP contribution is 2.23. The van der Waals surface area contributed by atoms with Crippen LogP contribution in [0.25, 0.3) is 0 Å². The van der Waals surface area contributed by atoms with Crippen LogP contribution < -0.4 is 5.32 Å². The van der Waals surface area contributed by atoms with E-state index in [0.717, 1.165) is 0 Å². The summed E-state index contributed by atoms with van der Waals surface area (Å²) in [6.45, 7) is 2.87. The van der Waals surface area contributed by atoms with Crippen LogP contribution in [0.15, 0.2) is 30.5 Å². The van der Waals surface area contributed by atoms with Crippen LogP contribution >= 0.6 is 23.2 Å². The number of carbonyl (C=O) groups is 2. The molecule has 8 nitrogen and oxygen atoms in total. The van der Waals surface area contributed by atoms with Crippen LogP contribution in [0.4, 0.5) is 11.5 Å². The molecule has 0 saturated carbocycles. The van der Waals surface area contributed by atoms with Crippen LogP contribution in [0, 0.1) is 17.0 Å². The summed E-state index contributed by atoms with van der Waals surface area (Å²) in [5.41, 5.74) is 0.282. The van der Waals surface area contributed by atoms with Gasteiger partial charge in [0.25, 0.3) is 11.6 Å². The van der Waals surface area contributed by atoms with Gasteiger partial charge < -0.3 is 10.1 Å². The Labute approximate surface area is 158 Å². The maximum Gasteiger partial charge on any atom is 0.338 e. The van der Waals surface area contributed by atoms with Crippen LogP contribution in [-0.2, 0) is 9.53 Å². The predicted molar refractivity (Wildman–Crippen MR) is 95.6 cm³/mol. The third kappa shape index (κ3) is 4.68. The number of rotatable bonds is 5. The van der Waals surface area contributed by atoms with Crippen LogP contribution in [-0.4, -0.2) is 27.9 Å². The van der Waals surface area contributed by atoms with E-state index >= 15 is 0 Å². The third-order valence-electron chi connectivity index (χ3n) is 3.33. The van der Waals surface area contributed by atoms with E-state index in [1.807, 2.05) is 0 Å². The summed E-state index contributed by atoms with van der Waals surface area (Å²) in [6, 6.07) is 5.19. The van der Waals surface area contributed by atoms with Gasteiger partial charge in [-0.1, -0.05) is 23.2 Å². The molecule has 0 aliphatic rings. The number of halogens is 2. The number of nitrogens with one attached hydrogen (secondary N) is 1. The van der Waals surface area contributed by atoms with E-state index in [1.165, 1.54) is 44.3 Å². The molecule has 26 heavy (non-hydrogen) atoms. The van der Waals surface area contributed by atoms with Crippen molar-refractivity contribution < 1.29 is 19.2 Å². The number of esters is 1. The van der Waals surface area contributed by atoms with Crippen LogP contribution in [0.2, 0.25) is 10.0 Å². The highest BCUT2D eigenvalue weighted by Gasteiger charge is 2.21. The Morgan fingerprint density at radius 3 is 2.58 bits per heavy atom. The summed E-state index contributed by atoms with van der Waals surface area (Å²) in [6.07, 6.45) is 0.158. The van der Waals surface area contributed by atoms with Gasteiger partial charge in [0.2, 0.25) is 0 Å². The molecule has 1 atom stereocenters. The summed E-state index contributed by atoms with van der Waals surface area (Å²) in [5, 5.41) is 13.7. The second-order valence-corrected chi connectivity index (χ2v) is 6.12. The molecule has 136 valence electrons. The highest BCUT2D eigenvalue weighted by molar-refractivity contribution is 6.36. The molecule has 0 radical (unpaired) electrons. The van der Waals surface area contributed by atoms with Gasteiger partial charge >= 0.3 is 5.97 Å². The first-order valence-electron chi connectivity index (χ1n) is 7.27. The molecular formula is C16H13Cl2N3O5. The summed E-state index contributed by atoms with van der Waals surface area (Å²) in [4.78, 5) is 38.4. The van der Waals surface area contributed by atoms with E-state index < -0.39 is 22.9 Å². The smallest absolute Gasteiger partial charge is 0.338 e. The standard InChI is InChI=1S/C16H13Cl2N3O5/c1-8-5-10(3-4-13(8)21(24)25)16(23)26-9(2)15(22)20-14-12(18)6-11(17)7-19-14/h3-7,9H,1-2H3,(H,19,20,22)/t9-/m1/s1. The molecule has 0 bridgehead atoms. The van der Waals surface area contributed by atoms with Crippen molar-refractivity contribution in [2.45, 2.75) is 20.0 Å². The summed E-state index contributed by atoms with van der Waals surface area (Å²) in [7, 11) is 0. The van der Waals surface area contributed by atoms with Crippen molar-refractivity contribution in [2.75, 3.05) is 5.32 Å². The van der Waals surface area contributed by atoms with E-state index in [0.29, 0.717) is 10.6 Å². The molecule has 1 amide bonds. The Bertz CT molecular complexity index is 888. The number of benzene rings is 1. The molecule has 0 unspecified atom stereocenters. The van der Waals surface area contributed by atoms with Crippen molar-refractivity contribution in [3.8, 4) is 0 Å². The van der Waals surface area contributed by atoms with Gasteiger partial charge in [-0.3, -0.25) is 14.9 Å². The molecule has 0 aliphatic carbocycles. The molecule has 2 aromatic rings. The van der Waals surface area contributed by atoms with Crippen molar-refractivity contribution >= 4 is 46.6 Å².